The summed E-state index contributed by atoms with van der Waals surface area (Å²) < 4.78 is 0. The van der Waals surface area contributed by atoms with Crippen molar-refractivity contribution in [1.29, 1.82) is 0 Å². The first-order valence-electron chi connectivity index (χ1n) is 4.96. The minimum atomic E-state index is 0. The normalized spacial score (nSPS) is 12.0. The molecule has 0 aromatic heterocycles. The first-order valence-corrected chi connectivity index (χ1v) is 5.71. The molecule has 0 spiro atoms. The van der Waals surface area contributed by atoms with Gasteiger partial charge in [0.15, 0.2) is 0 Å². The predicted octanol–water partition coefficient (Wildman–Crippen LogP) is 3.28. The fraction of sp³-hybridized carbons (Fsp3) is 0.455. The second-order valence-electron chi connectivity index (χ2n) is 3.38. The van der Waals surface area contributed by atoms with Gasteiger partial charge in [0.05, 0.1) is 16.7 Å². The van der Waals surface area contributed by atoms with Crippen LogP contribution in [0.1, 0.15) is 18.9 Å². The van der Waals surface area contributed by atoms with E-state index in [1.54, 1.807) is 6.07 Å². The van der Waals surface area contributed by atoms with Gasteiger partial charge in [0.2, 0.25) is 0 Å². The molecule has 92 valence electrons. The van der Waals surface area contributed by atoms with Crippen molar-refractivity contribution in [3.05, 3.63) is 33.8 Å². The highest BCUT2D eigenvalue weighted by molar-refractivity contribution is 6.42. The van der Waals surface area contributed by atoms with E-state index in [1.165, 1.54) is 0 Å². The standard InChI is InChI=1S/C11H15Cl2NO.ClH/c1-2-9(7-15)14-6-8-4-3-5-10(12)11(8)13;/h3-5,9,14-15H,2,6-7H2,1H3;1H. The maximum Gasteiger partial charge on any atom is 0.0637 e. The summed E-state index contributed by atoms with van der Waals surface area (Å²) in [6.07, 6.45) is 0.884. The summed E-state index contributed by atoms with van der Waals surface area (Å²) in [6, 6.07) is 5.66. The minimum Gasteiger partial charge on any atom is -0.395 e. The number of halogens is 3. The first-order chi connectivity index (χ1) is 7.19. The van der Waals surface area contributed by atoms with Crippen molar-refractivity contribution < 1.29 is 5.11 Å². The lowest BCUT2D eigenvalue weighted by Gasteiger charge is -2.14. The third-order valence-corrected chi connectivity index (χ3v) is 3.18. The number of hydrogen-bond acceptors (Lipinski definition) is 2. The minimum absolute atomic E-state index is 0. The van der Waals surface area contributed by atoms with Crippen LogP contribution in [0.3, 0.4) is 0 Å². The molecule has 0 bridgehead atoms. The highest BCUT2D eigenvalue weighted by Crippen LogP contribution is 2.25. The number of rotatable bonds is 5. The monoisotopic (exact) mass is 283 g/mol. The van der Waals surface area contributed by atoms with Crippen LogP contribution in [0, 0.1) is 0 Å². The van der Waals surface area contributed by atoms with Gasteiger partial charge in [-0.25, -0.2) is 0 Å². The molecule has 1 atom stereocenters. The molecule has 0 aliphatic carbocycles. The Morgan fingerprint density at radius 3 is 2.62 bits per heavy atom. The molecule has 1 aromatic carbocycles. The molecule has 0 aliphatic heterocycles. The molecular formula is C11H16Cl3NO. The van der Waals surface area contributed by atoms with Gasteiger partial charge in [-0.1, -0.05) is 42.3 Å². The van der Waals surface area contributed by atoms with E-state index in [-0.39, 0.29) is 25.1 Å². The molecule has 1 rings (SSSR count). The van der Waals surface area contributed by atoms with Gasteiger partial charge in [-0.15, -0.1) is 12.4 Å². The first kappa shape index (κ1) is 16.0. The number of nitrogens with one attached hydrogen (secondary N) is 1. The van der Waals surface area contributed by atoms with Gasteiger partial charge in [0.25, 0.3) is 0 Å². The largest absolute Gasteiger partial charge is 0.395 e. The van der Waals surface area contributed by atoms with Crippen LogP contribution < -0.4 is 5.32 Å². The maximum absolute atomic E-state index is 9.01. The zero-order chi connectivity index (χ0) is 11.3. The molecule has 1 aromatic rings. The molecule has 2 N–H and O–H groups in total. The Bertz CT molecular complexity index is 316. The van der Waals surface area contributed by atoms with Gasteiger partial charge in [0.1, 0.15) is 0 Å². The van der Waals surface area contributed by atoms with E-state index in [0.29, 0.717) is 16.6 Å². The van der Waals surface area contributed by atoms with E-state index < -0.39 is 0 Å². The van der Waals surface area contributed by atoms with E-state index >= 15 is 0 Å². The van der Waals surface area contributed by atoms with Crippen LogP contribution in [0.2, 0.25) is 10.0 Å². The average Bonchev–Trinajstić information content (AvgIpc) is 2.25. The second kappa shape index (κ2) is 8.15. The number of aliphatic hydroxyl groups is 1. The summed E-state index contributed by atoms with van der Waals surface area (Å²) in [7, 11) is 0. The van der Waals surface area contributed by atoms with Gasteiger partial charge < -0.3 is 10.4 Å². The summed E-state index contributed by atoms with van der Waals surface area (Å²) in [6.45, 7) is 2.78. The Balaban J connectivity index is 0.00000225. The molecule has 1 unspecified atom stereocenters. The fourth-order valence-corrected chi connectivity index (χ4v) is 1.66. The van der Waals surface area contributed by atoms with E-state index in [9.17, 15) is 0 Å². The van der Waals surface area contributed by atoms with Crippen molar-refractivity contribution in [3.63, 3.8) is 0 Å². The van der Waals surface area contributed by atoms with Crippen molar-refractivity contribution in [2.24, 2.45) is 0 Å². The molecule has 0 aliphatic rings. The number of aliphatic hydroxyl groups excluding tert-OH is 1. The van der Waals surface area contributed by atoms with Crippen molar-refractivity contribution in [3.8, 4) is 0 Å². The van der Waals surface area contributed by atoms with Gasteiger partial charge in [-0.2, -0.15) is 0 Å². The quantitative estimate of drug-likeness (QED) is 0.870. The van der Waals surface area contributed by atoms with Crippen molar-refractivity contribution >= 4 is 35.6 Å². The molecule has 0 heterocycles. The van der Waals surface area contributed by atoms with Gasteiger partial charge in [-0.05, 0) is 18.1 Å². The molecule has 0 fully saturated rings. The molecule has 16 heavy (non-hydrogen) atoms. The number of hydrogen-bond donors (Lipinski definition) is 2. The summed E-state index contributed by atoms with van der Waals surface area (Å²) in [5, 5.41) is 13.4. The lowest BCUT2D eigenvalue weighted by atomic mass is 10.2. The van der Waals surface area contributed by atoms with Gasteiger partial charge in [-0.3, -0.25) is 0 Å². The summed E-state index contributed by atoms with van der Waals surface area (Å²) in [4.78, 5) is 0. The molecule has 0 amide bonds. The molecule has 5 heteroatoms. The van der Waals surface area contributed by atoms with E-state index in [1.807, 2.05) is 19.1 Å². The van der Waals surface area contributed by atoms with Crippen LogP contribution in [-0.4, -0.2) is 17.8 Å². The van der Waals surface area contributed by atoms with Crippen LogP contribution in [0.15, 0.2) is 18.2 Å². The van der Waals surface area contributed by atoms with E-state index in [4.69, 9.17) is 28.3 Å². The van der Waals surface area contributed by atoms with Crippen LogP contribution >= 0.6 is 35.6 Å². The SMILES string of the molecule is CCC(CO)NCc1cccc(Cl)c1Cl.Cl. The molecule has 0 saturated heterocycles. The lowest BCUT2D eigenvalue weighted by Crippen LogP contribution is -2.31. The lowest BCUT2D eigenvalue weighted by molar-refractivity contribution is 0.238. The Hall–Kier alpha value is 0.01000. The Kier molecular flexibility index (Phi) is 8.16. The van der Waals surface area contributed by atoms with Crippen LogP contribution in [0.5, 0.6) is 0 Å². The molecule has 2 nitrogen and oxygen atoms in total. The highest BCUT2D eigenvalue weighted by Gasteiger charge is 2.07. The third-order valence-electron chi connectivity index (χ3n) is 2.33. The smallest absolute Gasteiger partial charge is 0.0637 e. The fourth-order valence-electron chi connectivity index (χ4n) is 1.28. The molecule has 0 saturated carbocycles. The summed E-state index contributed by atoms with van der Waals surface area (Å²) in [5.74, 6) is 0. The summed E-state index contributed by atoms with van der Waals surface area (Å²) >= 11 is 11.9. The third kappa shape index (κ3) is 4.48. The Morgan fingerprint density at radius 1 is 1.38 bits per heavy atom. The average molecular weight is 285 g/mol. The van der Waals surface area contributed by atoms with Crippen molar-refractivity contribution in [2.75, 3.05) is 6.61 Å². The Labute approximate surface area is 112 Å². The number of benzene rings is 1. The zero-order valence-corrected chi connectivity index (χ0v) is 11.4. The Morgan fingerprint density at radius 2 is 2.06 bits per heavy atom. The van der Waals surface area contributed by atoms with E-state index in [2.05, 4.69) is 5.32 Å². The molecule has 0 radical (unpaired) electrons. The maximum atomic E-state index is 9.01. The highest BCUT2D eigenvalue weighted by atomic mass is 35.5. The van der Waals surface area contributed by atoms with Gasteiger partial charge >= 0.3 is 0 Å². The van der Waals surface area contributed by atoms with Crippen LogP contribution in [-0.2, 0) is 6.54 Å². The van der Waals surface area contributed by atoms with Crippen LogP contribution in [0.25, 0.3) is 0 Å². The van der Waals surface area contributed by atoms with Crippen molar-refractivity contribution in [1.82, 2.24) is 5.32 Å². The van der Waals surface area contributed by atoms with Gasteiger partial charge in [0, 0.05) is 12.6 Å². The topological polar surface area (TPSA) is 32.3 Å². The zero-order valence-electron chi connectivity index (χ0n) is 9.04. The molecular weight excluding hydrogens is 268 g/mol. The van der Waals surface area contributed by atoms with E-state index in [0.717, 1.165) is 12.0 Å². The van der Waals surface area contributed by atoms with Crippen LogP contribution in [0.4, 0.5) is 0 Å². The predicted molar refractivity (Wildman–Crippen MR) is 71.7 cm³/mol. The summed E-state index contributed by atoms with van der Waals surface area (Å²) in [5.41, 5.74) is 0.955. The van der Waals surface area contributed by atoms with Crippen molar-refractivity contribution in [2.45, 2.75) is 25.9 Å². The second-order valence-corrected chi connectivity index (χ2v) is 4.17.